The Labute approximate surface area is 342 Å². The lowest BCUT2D eigenvalue weighted by molar-refractivity contribution is 0.00578. The fraction of sp³-hybridized carbons (Fsp3) is 0.391. The van der Waals surface area contributed by atoms with Gasteiger partial charge < -0.3 is 27.9 Å². The summed E-state index contributed by atoms with van der Waals surface area (Å²) in [6.45, 7) is 24.5. The third-order valence-electron chi connectivity index (χ3n) is 12.7. The lowest BCUT2D eigenvalue weighted by Gasteiger charge is -2.32. The van der Waals surface area contributed by atoms with Crippen LogP contribution in [0.25, 0.3) is 43.1 Å². The molecule has 0 saturated carbocycles. The number of hydrogen-bond donors (Lipinski definition) is 0. The molecule has 10 heteroatoms. The maximum absolute atomic E-state index is 6.16. The van der Waals surface area contributed by atoms with Gasteiger partial charge in [0.15, 0.2) is 0 Å². The summed E-state index contributed by atoms with van der Waals surface area (Å²) < 4.78 is 37.3. The van der Waals surface area contributed by atoms with Crippen molar-refractivity contribution in [1.29, 1.82) is 0 Å². The van der Waals surface area contributed by atoms with Gasteiger partial charge in [-0.2, -0.15) is 0 Å². The smallest absolute Gasteiger partial charge is 0.405 e. The Hall–Kier alpha value is -3.21. The molecule has 3 aliphatic heterocycles. The second-order valence-corrected chi connectivity index (χ2v) is 19.3. The zero-order valence-electron chi connectivity index (χ0n) is 35.0. The Morgan fingerprint density at radius 2 is 0.643 bits per heavy atom. The summed E-state index contributed by atoms with van der Waals surface area (Å²) in [5.41, 5.74) is -0.983. The molecule has 6 nitrogen and oxygen atoms in total. The molecule has 0 aromatic heterocycles. The molecule has 0 radical (unpaired) electrons. The van der Waals surface area contributed by atoms with Crippen LogP contribution in [-0.4, -0.2) is 54.7 Å². The molecule has 3 aliphatic rings. The van der Waals surface area contributed by atoms with Gasteiger partial charge >= 0.3 is 21.1 Å². The molecule has 56 heavy (non-hydrogen) atoms. The Balaban J connectivity index is 0.000000132. The van der Waals surface area contributed by atoms with Crippen LogP contribution < -0.4 is 5.46 Å². The normalized spacial score (nSPS) is 21.3. The standard InChI is InChI=1S/C20H21BO2.C14H9Br.C12H24B2O4/c1-19(2)20(3,4)23-21(22-19)18-10-9-16-11-14-7-5-6-8-15(14)12-17(16)13-18;15-14-6-5-12-7-10-3-1-2-4-11(10)8-13(12)9-14;1-9(2)10(3,4)16-13(15-9)14-17-11(5,6)12(7,8)18-14/h5-13H,1-4H3;1-9H;1-8H3. The summed E-state index contributed by atoms with van der Waals surface area (Å²) in [5.74, 6) is 0. The largest absolute Gasteiger partial charge is 0.494 e. The van der Waals surface area contributed by atoms with Gasteiger partial charge in [0.25, 0.3) is 0 Å². The Bertz CT molecular complexity index is 2330. The van der Waals surface area contributed by atoms with Crippen LogP contribution in [0.2, 0.25) is 0 Å². The van der Waals surface area contributed by atoms with E-state index in [0.29, 0.717) is 0 Å². The third-order valence-corrected chi connectivity index (χ3v) is 13.2. The van der Waals surface area contributed by atoms with Crippen molar-refractivity contribution in [3.05, 3.63) is 114 Å². The van der Waals surface area contributed by atoms with E-state index in [1.807, 2.05) is 55.4 Å². The van der Waals surface area contributed by atoms with Gasteiger partial charge in [-0.1, -0.05) is 88.7 Å². The lowest BCUT2D eigenvalue weighted by atomic mass is 9.49. The van der Waals surface area contributed by atoms with Crippen LogP contribution in [0, 0.1) is 0 Å². The van der Waals surface area contributed by atoms with Crippen molar-refractivity contribution in [3.63, 3.8) is 0 Å². The molecule has 3 heterocycles. The Morgan fingerprint density at radius 3 is 1.04 bits per heavy atom. The van der Waals surface area contributed by atoms with E-state index in [-0.39, 0.29) is 40.7 Å². The van der Waals surface area contributed by atoms with Crippen LogP contribution in [0.3, 0.4) is 0 Å². The van der Waals surface area contributed by atoms with Gasteiger partial charge in [-0.05, 0) is 168 Å². The maximum atomic E-state index is 6.16. The van der Waals surface area contributed by atoms with Crippen LogP contribution in [-0.2, 0) is 27.9 Å². The van der Waals surface area contributed by atoms with Crippen molar-refractivity contribution in [2.75, 3.05) is 0 Å². The predicted molar refractivity (Wildman–Crippen MR) is 238 cm³/mol. The Kier molecular flexibility index (Phi) is 10.7. The monoisotopic (exact) mass is 814 g/mol. The van der Waals surface area contributed by atoms with Crippen molar-refractivity contribution >= 4 is 85.6 Å². The van der Waals surface area contributed by atoms with Crippen molar-refractivity contribution < 1.29 is 27.9 Å². The first-order chi connectivity index (χ1) is 26.1. The van der Waals surface area contributed by atoms with Crippen molar-refractivity contribution in [2.45, 2.75) is 117 Å². The number of hydrogen-bond acceptors (Lipinski definition) is 6. The SMILES string of the molecule is Brc1ccc2cc3ccccc3cc2c1.CC1(C)OB(B2OC(C)(C)C(C)(C)O2)OC1(C)C.CC1(C)OB(c2ccc3cc4ccccc4cc3c2)OC1(C)C. The van der Waals surface area contributed by atoms with Crippen LogP contribution in [0.4, 0.5) is 0 Å². The molecule has 0 aliphatic carbocycles. The molecule has 6 aromatic rings. The molecule has 0 spiro atoms. The first kappa shape index (κ1) is 41.0. The van der Waals surface area contributed by atoms with E-state index in [1.165, 1.54) is 43.1 Å². The molecule has 0 N–H and O–H groups in total. The number of halogens is 1. The summed E-state index contributed by atoms with van der Waals surface area (Å²) in [6.07, 6.45) is 0. The number of rotatable bonds is 2. The van der Waals surface area contributed by atoms with E-state index >= 15 is 0 Å². The summed E-state index contributed by atoms with van der Waals surface area (Å²) in [7, 11) is -1.26. The molecule has 0 amide bonds. The predicted octanol–water partition coefficient (Wildman–Crippen LogP) is 11.3. The quantitative estimate of drug-likeness (QED) is 0.128. The zero-order valence-corrected chi connectivity index (χ0v) is 36.5. The molecule has 0 bridgehead atoms. The first-order valence-corrected chi connectivity index (χ1v) is 20.4. The topological polar surface area (TPSA) is 55.4 Å². The highest BCUT2D eigenvalue weighted by atomic mass is 79.9. The lowest BCUT2D eigenvalue weighted by Crippen LogP contribution is -2.41. The minimum atomic E-state index is -0.476. The van der Waals surface area contributed by atoms with Gasteiger partial charge in [0, 0.05) is 4.47 Å². The fourth-order valence-corrected chi connectivity index (χ4v) is 7.37. The average Bonchev–Trinajstić information content (AvgIpc) is 3.59. The molecule has 3 saturated heterocycles. The second-order valence-electron chi connectivity index (χ2n) is 18.3. The van der Waals surface area contributed by atoms with Gasteiger partial charge in [0.05, 0.1) is 33.6 Å². The molecule has 6 aromatic carbocycles. The van der Waals surface area contributed by atoms with E-state index in [4.69, 9.17) is 27.9 Å². The third kappa shape index (κ3) is 7.96. The summed E-state index contributed by atoms with van der Waals surface area (Å²) in [6, 6.07) is 38.7. The van der Waals surface area contributed by atoms with Crippen molar-refractivity contribution in [3.8, 4) is 0 Å². The van der Waals surface area contributed by atoms with Crippen LogP contribution in [0.1, 0.15) is 83.1 Å². The van der Waals surface area contributed by atoms with Gasteiger partial charge in [0.2, 0.25) is 0 Å². The highest BCUT2D eigenvalue weighted by Gasteiger charge is 2.63. The number of fused-ring (bicyclic) bond motifs is 4. The molecular formula is C46H54B3BrO6. The second kappa shape index (κ2) is 14.6. The van der Waals surface area contributed by atoms with Gasteiger partial charge in [-0.3, -0.25) is 0 Å². The first-order valence-electron chi connectivity index (χ1n) is 19.6. The summed E-state index contributed by atoms with van der Waals surface area (Å²) in [5, 5.41) is 10.1. The Morgan fingerprint density at radius 1 is 0.339 bits per heavy atom. The van der Waals surface area contributed by atoms with Crippen molar-refractivity contribution in [1.82, 2.24) is 0 Å². The molecule has 290 valence electrons. The fourth-order valence-electron chi connectivity index (χ4n) is 6.99. The highest BCUT2D eigenvalue weighted by Crippen LogP contribution is 2.43. The van der Waals surface area contributed by atoms with Gasteiger partial charge in [-0.25, -0.2) is 0 Å². The molecule has 3 fully saturated rings. The molecule has 9 rings (SSSR count). The van der Waals surface area contributed by atoms with E-state index < -0.39 is 14.0 Å². The average molecular weight is 815 g/mol. The molecule has 0 unspecified atom stereocenters. The van der Waals surface area contributed by atoms with E-state index in [2.05, 4.69) is 153 Å². The van der Waals surface area contributed by atoms with Gasteiger partial charge in [0.1, 0.15) is 0 Å². The van der Waals surface area contributed by atoms with Gasteiger partial charge in [-0.15, -0.1) is 0 Å². The number of benzene rings is 6. The van der Waals surface area contributed by atoms with Crippen molar-refractivity contribution in [2.24, 2.45) is 0 Å². The summed E-state index contributed by atoms with van der Waals surface area (Å²) in [4.78, 5) is 0. The van der Waals surface area contributed by atoms with Crippen LogP contribution >= 0.6 is 15.9 Å². The highest BCUT2D eigenvalue weighted by molar-refractivity contribution is 9.10. The molecule has 0 atom stereocenters. The minimum Gasteiger partial charge on any atom is -0.405 e. The minimum absolute atomic E-state index is 0.309. The van der Waals surface area contributed by atoms with Crippen LogP contribution in [0.5, 0.6) is 0 Å². The maximum Gasteiger partial charge on any atom is 0.494 e. The van der Waals surface area contributed by atoms with E-state index in [9.17, 15) is 0 Å². The van der Waals surface area contributed by atoms with Crippen LogP contribution in [0.15, 0.2) is 114 Å². The molecular weight excluding hydrogens is 761 g/mol. The summed E-state index contributed by atoms with van der Waals surface area (Å²) >= 11 is 3.50. The zero-order chi connectivity index (χ0) is 40.5. The van der Waals surface area contributed by atoms with E-state index in [1.54, 1.807) is 0 Å². The van der Waals surface area contributed by atoms with E-state index in [0.717, 1.165) is 9.94 Å².